The number of hydrogen-bond donors (Lipinski definition) is 0. The minimum Gasteiger partial charge on any atom is -0.497 e. The third-order valence-corrected chi connectivity index (χ3v) is 11.6. The van der Waals surface area contributed by atoms with Crippen LogP contribution in [0.1, 0.15) is 36.0 Å². The van der Waals surface area contributed by atoms with Gasteiger partial charge < -0.3 is 19.3 Å². The van der Waals surface area contributed by atoms with Crippen molar-refractivity contribution in [2.75, 3.05) is 70.7 Å². The van der Waals surface area contributed by atoms with Gasteiger partial charge in [0.15, 0.2) is 0 Å². The molecule has 10 nitrogen and oxygen atoms in total. The van der Waals surface area contributed by atoms with E-state index in [-0.39, 0.29) is 12.4 Å². The van der Waals surface area contributed by atoms with Crippen LogP contribution in [0.4, 0.5) is 29.1 Å². The maximum absolute atomic E-state index is 16.2. The van der Waals surface area contributed by atoms with Gasteiger partial charge in [-0.3, -0.25) is 4.90 Å². The molecule has 1 aliphatic rings. The van der Waals surface area contributed by atoms with Gasteiger partial charge in [-0.15, -0.1) is 0 Å². The number of nitrogens with zero attached hydrogens (tertiary/aromatic N) is 6. The summed E-state index contributed by atoms with van der Waals surface area (Å²) in [6.45, 7) is 2.35. The van der Waals surface area contributed by atoms with Gasteiger partial charge in [-0.05, 0) is 88.8 Å². The molecule has 0 radical (unpaired) electrons. The van der Waals surface area contributed by atoms with E-state index in [0.717, 1.165) is 29.8 Å². The Kier molecular flexibility index (Phi) is 12.5. The topological polar surface area (TPSA) is 91.3 Å². The van der Waals surface area contributed by atoms with Crippen molar-refractivity contribution in [3.63, 3.8) is 0 Å². The van der Waals surface area contributed by atoms with Gasteiger partial charge in [-0.2, -0.15) is 13.2 Å². The Morgan fingerprint density at radius 3 is 2.42 bits per heavy atom. The van der Waals surface area contributed by atoms with Crippen molar-refractivity contribution in [3.05, 3.63) is 102 Å². The van der Waals surface area contributed by atoms with Crippen molar-refractivity contribution in [2.45, 2.75) is 48.8 Å². The average Bonchev–Trinajstić information content (AvgIpc) is 3.15. The monoisotopic (exact) mass is 758 g/mol. The first-order chi connectivity index (χ1) is 25.2. The fourth-order valence-corrected chi connectivity index (χ4v) is 8.22. The molecule has 1 fully saturated rings. The summed E-state index contributed by atoms with van der Waals surface area (Å²) in [7, 11) is 4.44. The zero-order valence-corrected chi connectivity index (χ0v) is 31.4. The number of anilines is 2. The highest BCUT2D eigenvalue weighted by atomic mass is 32.2. The van der Waals surface area contributed by atoms with Crippen LogP contribution in [-0.4, -0.2) is 95.3 Å². The van der Waals surface area contributed by atoms with E-state index >= 15 is 4.39 Å². The van der Waals surface area contributed by atoms with Gasteiger partial charge in [0.05, 0.1) is 26.3 Å². The maximum atomic E-state index is 16.2. The van der Waals surface area contributed by atoms with Crippen molar-refractivity contribution in [1.82, 2.24) is 19.8 Å². The minimum atomic E-state index is -4.51. The maximum Gasteiger partial charge on any atom is 0.416 e. The van der Waals surface area contributed by atoms with Crippen LogP contribution < -0.4 is 18.7 Å². The van der Waals surface area contributed by atoms with Gasteiger partial charge in [-0.1, -0.05) is 18.2 Å². The van der Waals surface area contributed by atoms with Crippen molar-refractivity contribution in [2.24, 2.45) is 0 Å². The van der Waals surface area contributed by atoms with Crippen molar-refractivity contribution >= 4 is 21.5 Å². The second-order valence-corrected chi connectivity index (χ2v) is 15.4. The lowest BCUT2D eigenvalue weighted by Crippen LogP contribution is -2.59. The van der Waals surface area contributed by atoms with E-state index in [0.29, 0.717) is 60.8 Å². The zero-order valence-electron chi connectivity index (χ0n) is 30.6. The Morgan fingerprint density at radius 2 is 1.75 bits per heavy atom. The number of aryl methyl sites for hydroxylation is 1. The highest BCUT2D eigenvalue weighted by molar-refractivity contribution is 7.92. The SMILES string of the molecule is COc1ccc(CN(c2ccncn2)S(=O)(=O)c2ccc(N3CCC[C@](CCc4cccc(C(F)(F)F)c4)(N(C)CCN(C)C)C3)cc2F)c(OC)c1. The standard InChI is InChI=1S/C38H46F4N6O4S/c1-45(2)20-21-46(3)37(17-14-28-8-6-9-30(22-28)38(40,41)42)16-7-19-47(26-37)31-11-13-35(33(39)23-31)53(49,50)48(36-15-18-43-27-44-36)25-29-10-12-32(51-4)24-34(29)52-5/h6,8-13,15,18,22-24,27H,7,14,16-17,19-21,25-26H2,1-5H3/t37-/m1/s1. The number of hydrogen-bond acceptors (Lipinski definition) is 9. The third kappa shape index (κ3) is 9.37. The highest BCUT2D eigenvalue weighted by Gasteiger charge is 2.40. The first kappa shape index (κ1) is 39.7. The lowest BCUT2D eigenvalue weighted by atomic mass is 9.81. The van der Waals surface area contributed by atoms with Crippen LogP contribution in [0.2, 0.25) is 0 Å². The third-order valence-electron chi connectivity index (χ3n) is 9.86. The summed E-state index contributed by atoms with van der Waals surface area (Å²) in [5.74, 6) is 0.0182. The molecule has 0 saturated carbocycles. The summed E-state index contributed by atoms with van der Waals surface area (Å²) in [5.41, 5.74) is 0.489. The number of aromatic nitrogens is 2. The molecule has 3 aromatic carbocycles. The Balaban J connectivity index is 1.44. The van der Waals surface area contributed by atoms with Gasteiger partial charge in [0.1, 0.15) is 34.4 Å². The molecule has 0 bridgehead atoms. The first-order valence-electron chi connectivity index (χ1n) is 17.2. The van der Waals surface area contributed by atoms with Gasteiger partial charge >= 0.3 is 6.18 Å². The predicted molar refractivity (Wildman–Crippen MR) is 196 cm³/mol. The number of alkyl halides is 3. The molecule has 0 amide bonds. The number of methoxy groups -OCH3 is 2. The smallest absolute Gasteiger partial charge is 0.416 e. The lowest BCUT2D eigenvalue weighted by Gasteiger charge is -2.49. The fourth-order valence-electron chi connectivity index (χ4n) is 6.78. The first-order valence-corrected chi connectivity index (χ1v) is 18.7. The van der Waals surface area contributed by atoms with Crippen LogP contribution >= 0.6 is 0 Å². The predicted octanol–water partition coefficient (Wildman–Crippen LogP) is 6.51. The number of benzene rings is 3. The molecular weight excluding hydrogens is 713 g/mol. The van der Waals surface area contributed by atoms with Gasteiger partial charge in [0.2, 0.25) is 0 Å². The Labute approximate surface area is 309 Å². The van der Waals surface area contributed by atoms with Crippen LogP contribution in [-0.2, 0) is 29.2 Å². The molecule has 53 heavy (non-hydrogen) atoms. The molecule has 1 aliphatic heterocycles. The molecule has 2 heterocycles. The Morgan fingerprint density at radius 1 is 0.962 bits per heavy atom. The Hall–Kier alpha value is -4.47. The lowest BCUT2D eigenvalue weighted by molar-refractivity contribution is -0.137. The van der Waals surface area contributed by atoms with Crippen LogP contribution in [0.25, 0.3) is 0 Å². The molecule has 0 N–H and O–H groups in total. The number of likely N-dealkylation sites (N-methyl/N-ethyl adjacent to an activating group) is 2. The van der Waals surface area contributed by atoms with Gasteiger partial charge in [0, 0.05) is 61.3 Å². The molecule has 1 aromatic heterocycles. The van der Waals surface area contributed by atoms with Crippen LogP contribution in [0.5, 0.6) is 11.5 Å². The summed E-state index contributed by atoms with van der Waals surface area (Å²) in [4.78, 5) is 13.9. The van der Waals surface area contributed by atoms with Crippen LogP contribution in [0.15, 0.2) is 84.1 Å². The fraction of sp³-hybridized carbons (Fsp3) is 0.421. The summed E-state index contributed by atoms with van der Waals surface area (Å²) in [5, 5.41) is 0. The number of halogens is 4. The van der Waals surface area contributed by atoms with E-state index < -0.39 is 38.0 Å². The number of piperidine rings is 1. The van der Waals surface area contributed by atoms with Gasteiger partial charge in [0.25, 0.3) is 10.0 Å². The van der Waals surface area contributed by atoms with Crippen molar-refractivity contribution < 1.29 is 35.5 Å². The normalized spacial score (nSPS) is 16.6. The molecule has 0 unspecified atom stereocenters. The molecule has 15 heteroatoms. The van der Waals surface area contributed by atoms with Crippen LogP contribution in [0.3, 0.4) is 0 Å². The second-order valence-electron chi connectivity index (χ2n) is 13.5. The van der Waals surface area contributed by atoms with E-state index in [1.165, 1.54) is 57.1 Å². The molecular formula is C38H46F4N6O4S. The van der Waals surface area contributed by atoms with E-state index in [1.54, 1.807) is 30.3 Å². The number of rotatable bonds is 15. The van der Waals surface area contributed by atoms with Crippen molar-refractivity contribution in [1.29, 1.82) is 0 Å². The highest BCUT2D eigenvalue weighted by Crippen LogP contribution is 2.37. The molecule has 1 saturated heterocycles. The molecule has 4 aromatic rings. The largest absolute Gasteiger partial charge is 0.497 e. The number of sulfonamides is 1. The summed E-state index contributed by atoms with van der Waals surface area (Å²) in [6, 6.07) is 16.0. The van der Waals surface area contributed by atoms with Gasteiger partial charge in [-0.25, -0.2) is 27.1 Å². The molecule has 5 rings (SSSR count). The number of ether oxygens (including phenoxy) is 2. The average molecular weight is 759 g/mol. The van der Waals surface area contributed by atoms with E-state index in [2.05, 4.69) is 19.8 Å². The van der Waals surface area contributed by atoms with Crippen LogP contribution in [0, 0.1) is 5.82 Å². The molecule has 0 spiro atoms. The molecule has 286 valence electrons. The summed E-state index contributed by atoms with van der Waals surface area (Å²) in [6.07, 6.45) is 0.732. The second kappa shape index (κ2) is 16.7. The van der Waals surface area contributed by atoms with Crippen molar-refractivity contribution in [3.8, 4) is 11.5 Å². The zero-order chi connectivity index (χ0) is 38.4. The van der Waals surface area contributed by atoms with E-state index in [4.69, 9.17) is 9.47 Å². The van der Waals surface area contributed by atoms with E-state index in [9.17, 15) is 21.6 Å². The quantitative estimate of drug-likeness (QED) is 0.126. The summed E-state index contributed by atoms with van der Waals surface area (Å²) >= 11 is 0. The van der Waals surface area contributed by atoms with E-state index in [1.807, 2.05) is 26.0 Å². The molecule has 1 atom stereocenters. The Bertz CT molecular complexity index is 1950. The molecule has 0 aliphatic carbocycles. The minimum absolute atomic E-state index is 0.0451. The summed E-state index contributed by atoms with van der Waals surface area (Å²) < 4.78 is 97.0.